The second-order valence-corrected chi connectivity index (χ2v) is 6.03. The third-order valence-electron chi connectivity index (χ3n) is 2.43. The maximum atomic E-state index is 6.10. The second-order valence-electron chi connectivity index (χ2n) is 4.30. The van der Waals surface area contributed by atoms with Gasteiger partial charge in [0.25, 0.3) is 0 Å². The molecule has 0 aliphatic heterocycles. The molecule has 20 heavy (non-hydrogen) atoms. The Hall–Kier alpha value is -1.60. The second kappa shape index (κ2) is 6.23. The molecule has 2 rings (SSSR count). The van der Waals surface area contributed by atoms with Gasteiger partial charge in [0.05, 0.1) is 10.3 Å². The molecule has 0 amide bonds. The van der Waals surface area contributed by atoms with Crippen LogP contribution in [-0.4, -0.2) is 34.0 Å². The van der Waals surface area contributed by atoms with E-state index in [9.17, 15) is 0 Å². The summed E-state index contributed by atoms with van der Waals surface area (Å²) in [5.74, 6) is 1.35. The van der Waals surface area contributed by atoms with Crippen molar-refractivity contribution in [2.75, 3.05) is 24.7 Å². The van der Waals surface area contributed by atoms with Crippen LogP contribution in [0, 0.1) is 0 Å². The SMILES string of the molecule is C[C@H](Sc1ncccc1Cl)c1nc(N)nc(N(C)C)n1. The summed E-state index contributed by atoms with van der Waals surface area (Å²) < 4.78 is 0. The minimum Gasteiger partial charge on any atom is -0.368 e. The minimum atomic E-state index is -0.0357. The number of rotatable bonds is 4. The maximum Gasteiger partial charge on any atom is 0.229 e. The van der Waals surface area contributed by atoms with Crippen LogP contribution in [0.1, 0.15) is 18.0 Å². The Bertz CT molecular complexity index is 606. The number of nitrogen functional groups attached to an aromatic ring is 1. The van der Waals surface area contributed by atoms with Crippen molar-refractivity contribution in [1.82, 2.24) is 19.9 Å². The zero-order chi connectivity index (χ0) is 14.7. The number of hydrogen-bond donors (Lipinski definition) is 1. The summed E-state index contributed by atoms with van der Waals surface area (Å²) in [6.45, 7) is 1.98. The number of nitrogens with two attached hydrogens (primary N) is 1. The average molecular weight is 311 g/mol. The van der Waals surface area contributed by atoms with Crippen molar-refractivity contribution in [3.05, 3.63) is 29.2 Å². The molecule has 0 saturated heterocycles. The monoisotopic (exact) mass is 310 g/mol. The molecular formula is C12H15ClN6S. The summed E-state index contributed by atoms with van der Waals surface area (Å²) in [6.07, 6.45) is 1.70. The molecule has 0 radical (unpaired) electrons. The van der Waals surface area contributed by atoms with Crippen LogP contribution in [0.2, 0.25) is 5.02 Å². The lowest BCUT2D eigenvalue weighted by Gasteiger charge is -2.14. The van der Waals surface area contributed by atoms with E-state index in [0.717, 1.165) is 5.03 Å². The first-order valence-electron chi connectivity index (χ1n) is 5.93. The highest BCUT2D eigenvalue weighted by Crippen LogP contribution is 2.35. The smallest absolute Gasteiger partial charge is 0.229 e. The highest BCUT2D eigenvalue weighted by Gasteiger charge is 2.16. The topological polar surface area (TPSA) is 80.8 Å². The fraction of sp³-hybridized carbons (Fsp3) is 0.333. The van der Waals surface area contributed by atoms with E-state index in [1.807, 2.05) is 21.0 Å². The van der Waals surface area contributed by atoms with Crippen LogP contribution in [-0.2, 0) is 0 Å². The molecule has 0 unspecified atom stereocenters. The quantitative estimate of drug-likeness (QED) is 0.868. The normalized spacial score (nSPS) is 12.2. The molecule has 2 aromatic heterocycles. The summed E-state index contributed by atoms with van der Waals surface area (Å²) >= 11 is 7.58. The van der Waals surface area contributed by atoms with E-state index < -0.39 is 0 Å². The molecule has 0 aromatic carbocycles. The number of anilines is 2. The van der Waals surface area contributed by atoms with Gasteiger partial charge in [-0.15, -0.1) is 0 Å². The molecule has 106 valence electrons. The Kier molecular flexibility index (Phi) is 4.61. The van der Waals surface area contributed by atoms with Gasteiger partial charge in [-0.1, -0.05) is 23.4 Å². The van der Waals surface area contributed by atoms with Crippen molar-refractivity contribution in [3.8, 4) is 0 Å². The number of aromatic nitrogens is 4. The van der Waals surface area contributed by atoms with Gasteiger partial charge >= 0.3 is 0 Å². The van der Waals surface area contributed by atoms with Gasteiger partial charge in [-0.3, -0.25) is 0 Å². The molecule has 0 saturated carbocycles. The lowest BCUT2D eigenvalue weighted by molar-refractivity contribution is 0.863. The van der Waals surface area contributed by atoms with Gasteiger partial charge in [-0.05, 0) is 19.1 Å². The van der Waals surface area contributed by atoms with Gasteiger partial charge in [-0.2, -0.15) is 15.0 Å². The molecule has 2 N–H and O–H groups in total. The molecule has 2 heterocycles. The van der Waals surface area contributed by atoms with Gasteiger partial charge in [0.2, 0.25) is 11.9 Å². The maximum absolute atomic E-state index is 6.10. The fourth-order valence-corrected chi connectivity index (χ4v) is 2.56. The van der Waals surface area contributed by atoms with Crippen LogP contribution in [0.25, 0.3) is 0 Å². The summed E-state index contributed by atoms with van der Waals surface area (Å²) in [4.78, 5) is 18.7. The van der Waals surface area contributed by atoms with Gasteiger partial charge in [0.15, 0.2) is 0 Å². The van der Waals surface area contributed by atoms with Crippen LogP contribution in [0.15, 0.2) is 23.4 Å². The lowest BCUT2D eigenvalue weighted by Crippen LogP contribution is -2.16. The van der Waals surface area contributed by atoms with Crippen molar-refractivity contribution < 1.29 is 0 Å². The molecule has 1 atom stereocenters. The molecule has 0 aliphatic carbocycles. The first-order valence-corrected chi connectivity index (χ1v) is 7.19. The van der Waals surface area contributed by atoms with Gasteiger partial charge in [0.1, 0.15) is 10.9 Å². The van der Waals surface area contributed by atoms with E-state index in [2.05, 4.69) is 19.9 Å². The van der Waals surface area contributed by atoms with E-state index in [-0.39, 0.29) is 11.2 Å². The lowest BCUT2D eigenvalue weighted by atomic mass is 10.4. The summed E-state index contributed by atoms with van der Waals surface area (Å²) in [5, 5.41) is 1.32. The molecule has 6 nitrogen and oxygen atoms in total. The Morgan fingerprint density at radius 1 is 1.30 bits per heavy atom. The predicted octanol–water partition coefficient (Wildman–Crippen LogP) is 2.42. The standard InChI is InChI=1S/C12H15ClN6S/c1-7(20-10-8(13)5-4-6-15-10)9-16-11(14)18-12(17-9)19(2)3/h4-7H,1-3H3,(H2,14,16,17,18)/t7-/m0/s1. The van der Waals surface area contributed by atoms with E-state index in [0.29, 0.717) is 16.8 Å². The molecule has 0 bridgehead atoms. The molecule has 8 heteroatoms. The Labute approximate surface area is 126 Å². The third-order valence-corrected chi connectivity index (χ3v) is 3.96. The third kappa shape index (κ3) is 3.49. The van der Waals surface area contributed by atoms with Crippen molar-refractivity contribution in [2.24, 2.45) is 0 Å². The van der Waals surface area contributed by atoms with E-state index in [4.69, 9.17) is 17.3 Å². The van der Waals surface area contributed by atoms with Gasteiger partial charge in [0, 0.05) is 20.3 Å². The van der Waals surface area contributed by atoms with E-state index in [1.54, 1.807) is 23.2 Å². The average Bonchev–Trinajstić information content (AvgIpc) is 2.40. The summed E-state index contributed by atoms with van der Waals surface area (Å²) in [6, 6.07) is 3.60. The summed E-state index contributed by atoms with van der Waals surface area (Å²) in [7, 11) is 3.71. The number of hydrogen-bond acceptors (Lipinski definition) is 7. The highest BCUT2D eigenvalue weighted by atomic mass is 35.5. The Morgan fingerprint density at radius 3 is 2.70 bits per heavy atom. The molecule has 0 fully saturated rings. The first-order chi connectivity index (χ1) is 9.47. The van der Waals surface area contributed by atoms with Crippen molar-refractivity contribution in [1.29, 1.82) is 0 Å². The van der Waals surface area contributed by atoms with E-state index in [1.165, 1.54) is 11.8 Å². The highest BCUT2D eigenvalue weighted by molar-refractivity contribution is 7.99. The van der Waals surface area contributed by atoms with Crippen molar-refractivity contribution in [3.63, 3.8) is 0 Å². The Morgan fingerprint density at radius 2 is 2.05 bits per heavy atom. The number of nitrogens with zero attached hydrogens (tertiary/aromatic N) is 5. The van der Waals surface area contributed by atoms with Crippen molar-refractivity contribution in [2.45, 2.75) is 17.2 Å². The predicted molar refractivity (Wildman–Crippen MR) is 82.1 cm³/mol. The van der Waals surface area contributed by atoms with Crippen LogP contribution in [0.4, 0.5) is 11.9 Å². The number of halogens is 1. The van der Waals surface area contributed by atoms with Gasteiger partial charge < -0.3 is 10.6 Å². The Balaban J connectivity index is 2.25. The van der Waals surface area contributed by atoms with Crippen LogP contribution in [0.5, 0.6) is 0 Å². The van der Waals surface area contributed by atoms with Crippen LogP contribution < -0.4 is 10.6 Å². The largest absolute Gasteiger partial charge is 0.368 e. The summed E-state index contributed by atoms with van der Waals surface area (Å²) in [5.41, 5.74) is 5.72. The molecular weight excluding hydrogens is 296 g/mol. The molecule has 0 aliphatic rings. The van der Waals surface area contributed by atoms with Crippen LogP contribution >= 0.6 is 23.4 Å². The molecule has 2 aromatic rings. The van der Waals surface area contributed by atoms with Crippen molar-refractivity contribution >= 4 is 35.3 Å². The first kappa shape index (κ1) is 14.8. The van der Waals surface area contributed by atoms with E-state index >= 15 is 0 Å². The number of thioether (sulfide) groups is 1. The molecule has 0 spiro atoms. The number of pyridine rings is 1. The zero-order valence-electron chi connectivity index (χ0n) is 11.4. The van der Waals surface area contributed by atoms with Crippen LogP contribution in [0.3, 0.4) is 0 Å². The minimum absolute atomic E-state index is 0.0357. The zero-order valence-corrected chi connectivity index (χ0v) is 13.0. The fourth-order valence-electron chi connectivity index (χ4n) is 1.46. The van der Waals surface area contributed by atoms with Gasteiger partial charge in [-0.25, -0.2) is 4.98 Å².